The molecule has 0 aliphatic carbocycles. The highest BCUT2D eigenvalue weighted by atomic mass is 16.6. The number of phenolic OH excluding ortho intramolecular Hbond substituents is 1. The maximum atomic E-state index is 11.7. The zero-order valence-corrected chi connectivity index (χ0v) is 11.9. The van der Waals surface area contributed by atoms with Gasteiger partial charge < -0.3 is 19.7 Å². The number of hydrogen-bond acceptors (Lipinski definition) is 7. The fraction of sp³-hybridized carbons (Fsp3) is 0.385. The third-order valence-corrected chi connectivity index (χ3v) is 2.99. The van der Waals surface area contributed by atoms with E-state index in [-0.39, 0.29) is 18.8 Å². The van der Waals surface area contributed by atoms with Crippen molar-refractivity contribution in [2.24, 2.45) is 0 Å². The quantitative estimate of drug-likeness (QED) is 0.610. The summed E-state index contributed by atoms with van der Waals surface area (Å²) < 4.78 is 10.3. The number of nitrogens with zero attached hydrogens (tertiary/aromatic N) is 1. The fourth-order valence-electron chi connectivity index (χ4n) is 1.97. The second-order valence-electron chi connectivity index (χ2n) is 4.97. The lowest BCUT2D eigenvalue weighted by Gasteiger charge is -2.26. The standard InChI is InChI=1S/C13H17BN2O5/c1-9(15-10-5-3-4-6-11(10)17)14-20-12(18)7-16(2)8-13(19)21-14/h3-6,9,15,17H,7-8H2,1-2H3. The fourth-order valence-corrected chi connectivity index (χ4v) is 1.97. The van der Waals surface area contributed by atoms with Gasteiger partial charge in [0.15, 0.2) is 0 Å². The van der Waals surface area contributed by atoms with Gasteiger partial charge in [0.05, 0.1) is 24.7 Å². The van der Waals surface area contributed by atoms with Crippen molar-refractivity contribution in [2.45, 2.75) is 12.9 Å². The molecule has 0 aromatic heterocycles. The van der Waals surface area contributed by atoms with Crippen LogP contribution in [0.25, 0.3) is 0 Å². The van der Waals surface area contributed by atoms with Crippen molar-refractivity contribution in [1.29, 1.82) is 0 Å². The number of carbonyl (C=O) groups excluding carboxylic acids is 2. The number of carbonyl (C=O) groups is 2. The second-order valence-corrected chi connectivity index (χ2v) is 4.97. The van der Waals surface area contributed by atoms with Crippen LogP contribution in [-0.4, -0.2) is 55.1 Å². The van der Waals surface area contributed by atoms with Gasteiger partial charge in [-0.05, 0) is 26.1 Å². The Labute approximate surface area is 123 Å². The smallest absolute Gasteiger partial charge is 0.506 e. The van der Waals surface area contributed by atoms with Crippen LogP contribution in [0.2, 0.25) is 0 Å². The number of aromatic hydroxyl groups is 1. The molecular weight excluding hydrogens is 275 g/mol. The van der Waals surface area contributed by atoms with Gasteiger partial charge in [-0.1, -0.05) is 12.1 Å². The SMILES string of the molecule is CC(Nc1ccccc1O)B1OC(=O)CN(C)CC(=O)O1. The van der Waals surface area contributed by atoms with Crippen LogP contribution in [0.15, 0.2) is 24.3 Å². The normalized spacial score (nSPS) is 18.3. The summed E-state index contributed by atoms with van der Waals surface area (Å²) in [6.45, 7) is 1.74. The highest BCUT2D eigenvalue weighted by Gasteiger charge is 2.37. The molecule has 7 nitrogen and oxygen atoms in total. The molecule has 1 atom stereocenters. The summed E-state index contributed by atoms with van der Waals surface area (Å²) in [5, 5.41) is 12.7. The Morgan fingerprint density at radius 1 is 1.24 bits per heavy atom. The zero-order chi connectivity index (χ0) is 15.4. The van der Waals surface area contributed by atoms with Crippen molar-refractivity contribution >= 4 is 24.7 Å². The monoisotopic (exact) mass is 292 g/mol. The average molecular weight is 292 g/mol. The number of anilines is 1. The van der Waals surface area contributed by atoms with Gasteiger partial charge in [0, 0.05) is 0 Å². The number of phenols is 1. The van der Waals surface area contributed by atoms with Crippen molar-refractivity contribution in [3.05, 3.63) is 24.3 Å². The first kappa shape index (κ1) is 15.2. The van der Waals surface area contributed by atoms with Crippen molar-refractivity contribution < 1.29 is 24.0 Å². The third-order valence-electron chi connectivity index (χ3n) is 2.99. The van der Waals surface area contributed by atoms with Crippen LogP contribution >= 0.6 is 0 Å². The lowest BCUT2D eigenvalue weighted by atomic mass is 9.79. The molecule has 1 unspecified atom stereocenters. The van der Waals surface area contributed by atoms with E-state index >= 15 is 0 Å². The van der Waals surface area contributed by atoms with Gasteiger partial charge >= 0.3 is 19.1 Å². The predicted molar refractivity (Wildman–Crippen MR) is 76.6 cm³/mol. The summed E-state index contributed by atoms with van der Waals surface area (Å²) >= 11 is 0. The summed E-state index contributed by atoms with van der Waals surface area (Å²) in [6.07, 6.45) is 0. The van der Waals surface area contributed by atoms with Crippen LogP contribution in [0.3, 0.4) is 0 Å². The number of para-hydroxylation sites is 2. The molecule has 1 aromatic rings. The van der Waals surface area contributed by atoms with Crippen LogP contribution < -0.4 is 5.32 Å². The maximum absolute atomic E-state index is 11.7. The molecular formula is C13H17BN2O5. The lowest BCUT2D eigenvalue weighted by Crippen LogP contribution is -2.49. The van der Waals surface area contributed by atoms with Crippen molar-refractivity contribution in [2.75, 3.05) is 25.5 Å². The minimum atomic E-state index is -1.04. The number of hydrogen-bond donors (Lipinski definition) is 2. The minimum absolute atomic E-state index is 0.0227. The van der Waals surface area contributed by atoms with Gasteiger partial charge in [-0.15, -0.1) is 0 Å². The first-order valence-corrected chi connectivity index (χ1v) is 6.57. The summed E-state index contributed by atoms with van der Waals surface area (Å²) in [5.74, 6) is -1.39. The maximum Gasteiger partial charge on any atom is 0.622 e. The largest absolute Gasteiger partial charge is 0.622 e. The first-order valence-electron chi connectivity index (χ1n) is 6.57. The van der Waals surface area contributed by atoms with Crippen LogP contribution in [0.4, 0.5) is 5.69 Å². The van der Waals surface area contributed by atoms with Crippen LogP contribution in [0.5, 0.6) is 5.75 Å². The van der Waals surface area contributed by atoms with Gasteiger partial charge in [-0.3, -0.25) is 14.5 Å². The van der Waals surface area contributed by atoms with E-state index in [1.54, 1.807) is 32.2 Å². The number of likely N-dealkylation sites (N-methyl/N-ethyl adjacent to an activating group) is 1. The Kier molecular flexibility index (Phi) is 4.69. The van der Waals surface area contributed by atoms with Crippen LogP contribution in [0, 0.1) is 0 Å². The van der Waals surface area contributed by atoms with E-state index in [4.69, 9.17) is 9.31 Å². The number of benzene rings is 1. The molecule has 1 aliphatic rings. The van der Waals surface area contributed by atoms with Crippen LogP contribution in [0.1, 0.15) is 6.92 Å². The molecule has 1 saturated heterocycles. The molecule has 0 saturated carbocycles. The van der Waals surface area contributed by atoms with Gasteiger partial charge in [-0.25, -0.2) is 0 Å². The van der Waals surface area contributed by atoms with Crippen molar-refractivity contribution in [3.63, 3.8) is 0 Å². The summed E-state index contributed by atoms with van der Waals surface area (Å²) in [7, 11) is 0.588. The Balaban J connectivity index is 2.06. The minimum Gasteiger partial charge on any atom is -0.506 e. The Hall–Kier alpha value is -2.22. The molecule has 2 rings (SSSR count). The van der Waals surface area contributed by atoms with E-state index in [1.807, 2.05) is 0 Å². The Morgan fingerprint density at radius 2 is 1.81 bits per heavy atom. The summed E-state index contributed by atoms with van der Waals surface area (Å²) in [4.78, 5) is 24.8. The Bertz CT molecular complexity index is 519. The van der Waals surface area contributed by atoms with Gasteiger partial charge in [0.25, 0.3) is 0 Å². The van der Waals surface area contributed by atoms with Crippen LogP contribution in [-0.2, 0) is 18.9 Å². The van der Waals surface area contributed by atoms with E-state index in [0.717, 1.165) is 0 Å². The first-order chi connectivity index (χ1) is 9.95. The third kappa shape index (κ3) is 4.12. The van der Waals surface area contributed by atoms with E-state index in [1.165, 1.54) is 11.0 Å². The molecule has 1 heterocycles. The molecule has 0 amide bonds. The van der Waals surface area contributed by atoms with Gasteiger partial charge in [0.1, 0.15) is 5.75 Å². The molecule has 1 aromatic carbocycles. The Morgan fingerprint density at radius 3 is 2.38 bits per heavy atom. The van der Waals surface area contributed by atoms with Gasteiger partial charge in [0.2, 0.25) is 0 Å². The van der Waals surface area contributed by atoms with E-state index in [2.05, 4.69) is 5.32 Å². The molecule has 21 heavy (non-hydrogen) atoms. The molecule has 1 fully saturated rings. The highest BCUT2D eigenvalue weighted by molar-refractivity contribution is 6.51. The molecule has 0 radical (unpaired) electrons. The lowest BCUT2D eigenvalue weighted by molar-refractivity contribution is -0.145. The van der Waals surface area contributed by atoms with Gasteiger partial charge in [-0.2, -0.15) is 0 Å². The van der Waals surface area contributed by atoms with E-state index in [0.29, 0.717) is 5.69 Å². The topological polar surface area (TPSA) is 88.1 Å². The molecule has 0 spiro atoms. The number of rotatable bonds is 3. The van der Waals surface area contributed by atoms with E-state index < -0.39 is 25.0 Å². The highest BCUT2D eigenvalue weighted by Crippen LogP contribution is 2.23. The predicted octanol–water partition coefficient (Wildman–Crippen LogP) is 0.252. The average Bonchev–Trinajstić information content (AvgIpc) is 2.38. The number of nitrogens with one attached hydrogen (secondary N) is 1. The molecule has 0 bridgehead atoms. The summed E-state index contributed by atoms with van der Waals surface area (Å²) in [5.41, 5.74) is 0.469. The second kappa shape index (κ2) is 6.49. The molecule has 112 valence electrons. The summed E-state index contributed by atoms with van der Waals surface area (Å²) in [6, 6.07) is 6.64. The van der Waals surface area contributed by atoms with E-state index in [9.17, 15) is 14.7 Å². The zero-order valence-electron chi connectivity index (χ0n) is 11.9. The van der Waals surface area contributed by atoms with Crippen molar-refractivity contribution in [1.82, 2.24) is 4.90 Å². The molecule has 1 aliphatic heterocycles. The molecule has 8 heteroatoms. The van der Waals surface area contributed by atoms with Crippen molar-refractivity contribution in [3.8, 4) is 5.75 Å². The molecule has 2 N–H and O–H groups in total.